The molecule has 0 bridgehead atoms. The molecule has 2 rings (SSSR count). The second-order valence-corrected chi connectivity index (χ2v) is 3.58. The molecule has 1 aliphatic rings. The second-order valence-electron chi connectivity index (χ2n) is 2.77. The smallest absolute Gasteiger partial charge is 0.117 e. The summed E-state index contributed by atoms with van der Waals surface area (Å²) >= 11 is 3.30. The molecule has 0 N–H and O–H groups in total. The Hall–Kier alpha value is -0.480. The van der Waals surface area contributed by atoms with E-state index in [1.54, 1.807) is 6.33 Å². The van der Waals surface area contributed by atoms with Gasteiger partial charge < -0.3 is 4.74 Å². The predicted octanol–water partition coefficient (Wildman–Crippen LogP) is 2.09. The molecule has 0 radical (unpaired) electrons. The summed E-state index contributed by atoms with van der Waals surface area (Å²) in [5.41, 5.74) is 0.981. The monoisotopic (exact) mass is 228 g/mol. The summed E-state index contributed by atoms with van der Waals surface area (Å²) in [5.74, 6) is 0. The molecule has 0 aliphatic carbocycles. The Bertz CT molecular complexity index is 274. The third-order valence-electron chi connectivity index (χ3n) is 1.91. The van der Waals surface area contributed by atoms with Gasteiger partial charge in [0.25, 0.3) is 0 Å². The maximum atomic E-state index is 5.48. The Morgan fingerprint density at radius 2 is 2.42 bits per heavy atom. The molecule has 1 saturated heterocycles. The first-order valence-corrected chi connectivity index (χ1v) is 4.74. The van der Waals surface area contributed by atoms with Gasteiger partial charge in [-0.15, -0.1) is 0 Å². The molecule has 1 aliphatic heterocycles. The largest absolute Gasteiger partial charge is 0.372 e. The van der Waals surface area contributed by atoms with Gasteiger partial charge in [-0.05, 0) is 34.8 Å². The molecule has 1 atom stereocenters. The number of hydrogen-bond donors (Lipinski definition) is 0. The summed E-state index contributed by atoms with van der Waals surface area (Å²) in [4.78, 5) is 8.12. The van der Waals surface area contributed by atoms with Crippen LogP contribution in [0.2, 0.25) is 0 Å². The van der Waals surface area contributed by atoms with Crippen molar-refractivity contribution in [2.75, 3.05) is 6.61 Å². The molecule has 12 heavy (non-hydrogen) atoms. The maximum absolute atomic E-state index is 5.48. The highest BCUT2D eigenvalue weighted by Gasteiger charge is 2.18. The van der Waals surface area contributed by atoms with E-state index >= 15 is 0 Å². The molecule has 4 heteroatoms. The Morgan fingerprint density at radius 3 is 3.08 bits per heavy atom. The number of halogens is 1. The Morgan fingerprint density at radius 1 is 1.50 bits per heavy atom. The van der Waals surface area contributed by atoms with E-state index in [1.165, 1.54) is 0 Å². The van der Waals surface area contributed by atoms with E-state index in [0.717, 1.165) is 29.7 Å². The molecule has 1 fully saturated rings. The van der Waals surface area contributed by atoms with E-state index in [4.69, 9.17) is 4.74 Å². The molecule has 0 spiro atoms. The number of ether oxygens (including phenoxy) is 1. The van der Waals surface area contributed by atoms with Gasteiger partial charge in [-0.1, -0.05) is 0 Å². The van der Waals surface area contributed by atoms with Crippen molar-refractivity contribution in [1.29, 1.82) is 0 Å². The van der Waals surface area contributed by atoms with Crippen LogP contribution in [0, 0.1) is 0 Å². The molecule has 1 aromatic rings. The summed E-state index contributed by atoms with van der Waals surface area (Å²) in [6.45, 7) is 0.853. The zero-order valence-electron chi connectivity index (χ0n) is 6.53. The standard InChI is InChI=1S/C8H9BrN2O/c9-8-4-6(10-5-11-8)7-2-1-3-12-7/h4-5,7H,1-3H2/t7-/m1/s1. The lowest BCUT2D eigenvalue weighted by atomic mass is 10.2. The first-order valence-electron chi connectivity index (χ1n) is 3.95. The molecule has 0 amide bonds. The summed E-state index contributed by atoms with van der Waals surface area (Å²) < 4.78 is 6.31. The molecule has 2 heterocycles. The minimum absolute atomic E-state index is 0.185. The Balaban J connectivity index is 2.21. The maximum Gasteiger partial charge on any atom is 0.117 e. The Labute approximate surface area is 79.3 Å². The van der Waals surface area contributed by atoms with Crippen LogP contribution >= 0.6 is 15.9 Å². The third kappa shape index (κ3) is 1.64. The van der Waals surface area contributed by atoms with Crippen LogP contribution in [0.3, 0.4) is 0 Å². The Kier molecular flexibility index (Phi) is 2.37. The quantitative estimate of drug-likeness (QED) is 0.691. The molecule has 64 valence electrons. The number of nitrogens with zero attached hydrogens (tertiary/aromatic N) is 2. The van der Waals surface area contributed by atoms with E-state index in [-0.39, 0.29) is 6.10 Å². The van der Waals surface area contributed by atoms with Crippen LogP contribution in [0.15, 0.2) is 17.0 Å². The van der Waals surface area contributed by atoms with Gasteiger partial charge in [-0.25, -0.2) is 9.97 Å². The minimum Gasteiger partial charge on any atom is -0.372 e. The van der Waals surface area contributed by atoms with Gasteiger partial charge >= 0.3 is 0 Å². The fourth-order valence-corrected chi connectivity index (χ4v) is 1.66. The zero-order valence-corrected chi connectivity index (χ0v) is 8.12. The van der Waals surface area contributed by atoms with Crippen LogP contribution in [-0.2, 0) is 4.74 Å². The van der Waals surface area contributed by atoms with Crippen molar-refractivity contribution in [2.24, 2.45) is 0 Å². The molecule has 0 aromatic carbocycles. The number of hydrogen-bond acceptors (Lipinski definition) is 3. The fourth-order valence-electron chi connectivity index (χ4n) is 1.33. The average molecular weight is 229 g/mol. The highest BCUT2D eigenvalue weighted by molar-refractivity contribution is 9.10. The third-order valence-corrected chi connectivity index (χ3v) is 2.35. The van der Waals surface area contributed by atoms with Gasteiger partial charge in [0.1, 0.15) is 10.9 Å². The van der Waals surface area contributed by atoms with Crippen LogP contribution < -0.4 is 0 Å². The van der Waals surface area contributed by atoms with Crippen LogP contribution in [0.4, 0.5) is 0 Å². The highest BCUT2D eigenvalue weighted by Crippen LogP contribution is 2.27. The van der Waals surface area contributed by atoms with E-state index in [9.17, 15) is 0 Å². The van der Waals surface area contributed by atoms with Crippen LogP contribution in [0.5, 0.6) is 0 Å². The van der Waals surface area contributed by atoms with Crippen molar-refractivity contribution in [3.63, 3.8) is 0 Å². The molecule has 3 nitrogen and oxygen atoms in total. The normalized spacial score (nSPS) is 22.9. The highest BCUT2D eigenvalue weighted by atomic mass is 79.9. The summed E-state index contributed by atoms with van der Waals surface area (Å²) in [6, 6.07) is 1.91. The van der Waals surface area contributed by atoms with E-state index in [1.807, 2.05) is 6.07 Å². The first kappa shape index (κ1) is 8.13. The van der Waals surface area contributed by atoms with Gasteiger partial charge in [-0.3, -0.25) is 0 Å². The molecular formula is C8H9BrN2O. The number of rotatable bonds is 1. The van der Waals surface area contributed by atoms with Crippen LogP contribution in [0.1, 0.15) is 24.6 Å². The second kappa shape index (κ2) is 3.49. The van der Waals surface area contributed by atoms with E-state index in [2.05, 4.69) is 25.9 Å². The molecule has 0 saturated carbocycles. The van der Waals surface area contributed by atoms with Crippen molar-refractivity contribution >= 4 is 15.9 Å². The molecule has 1 aromatic heterocycles. The van der Waals surface area contributed by atoms with Crippen molar-refractivity contribution < 1.29 is 4.74 Å². The lowest BCUT2D eigenvalue weighted by Crippen LogP contribution is -1.99. The van der Waals surface area contributed by atoms with Gasteiger partial charge in [0.2, 0.25) is 0 Å². The van der Waals surface area contributed by atoms with Gasteiger partial charge in [0, 0.05) is 6.61 Å². The molecular weight excluding hydrogens is 220 g/mol. The lowest BCUT2D eigenvalue weighted by molar-refractivity contribution is 0.108. The number of aromatic nitrogens is 2. The predicted molar refractivity (Wildman–Crippen MR) is 47.7 cm³/mol. The first-order chi connectivity index (χ1) is 5.86. The average Bonchev–Trinajstić information content (AvgIpc) is 2.56. The minimum atomic E-state index is 0.185. The van der Waals surface area contributed by atoms with E-state index < -0.39 is 0 Å². The topological polar surface area (TPSA) is 35.0 Å². The van der Waals surface area contributed by atoms with Crippen molar-refractivity contribution in [1.82, 2.24) is 9.97 Å². The van der Waals surface area contributed by atoms with Gasteiger partial charge in [-0.2, -0.15) is 0 Å². The van der Waals surface area contributed by atoms with Crippen molar-refractivity contribution in [3.05, 3.63) is 22.7 Å². The SMILES string of the molecule is Brc1cc([C@H]2CCCO2)ncn1. The fraction of sp³-hybridized carbons (Fsp3) is 0.500. The zero-order chi connectivity index (χ0) is 8.39. The summed E-state index contributed by atoms with van der Waals surface area (Å²) in [7, 11) is 0. The molecule has 0 unspecified atom stereocenters. The van der Waals surface area contributed by atoms with Crippen molar-refractivity contribution in [3.8, 4) is 0 Å². The van der Waals surface area contributed by atoms with Crippen molar-refractivity contribution in [2.45, 2.75) is 18.9 Å². The van der Waals surface area contributed by atoms with Gasteiger partial charge in [0.05, 0.1) is 11.8 Å². The van der Waals surface area contributed by atoms with Gasteiger partial charge in [0.15, 0.2) is 0 Å². The summed E-state index contributed by atoms with van der Waals surface area (Å²) in [6.07, 6.45) is 3.95. The van der Waals surface area contributed by atoms with Crippen LogP contribution in [0.25, 0.3) is 0 Å². The van der Waals surface area contributed by atoms with E-state index in [0.29, 0.717) is 0 Å². The summed E-state index contributed by atoms with van der Waals surface area (Å²) in [5, 5.41) is 0. The lowest BCUT2D eigenvalue weighted by Gasteiger charge is -2.07. The van der Waals surface area contributed by atoms with Crippen LogP contribution in [-0.4, -0.2) is 16.6 Å².